The number of pyridine rings is 1. The molecule has 1 aromatic heterocycles. The summed E-state index contributed by atoms with van der Waals surface area (Å²) in [4.78, 5) is 38.4. The first-order valence-electron chi connectivity index (χ1n) is 7.96. The van der Waals surface area contributed by atoms with Crippen LogP contribution in [-0.2, 0) is 28.6 Å². The Morgan fingerprint density at radius 3 is 2.22 bits per heavy atom. The number of aromatic nitrogens is 1. The number of carbonyl (C=O) groups excluding carboxylic acids is 3. The average molecular weight is 394 g/mol. The van der Waals surface area contributed by atoms with E-state index in [2.05, 4.69) is 4.98 Å². The van der Waals surface area contributed by atoms with Gasteiger partial charge in [-0.15, -0.1) is 11.8 Å². The summed E-state index contributed by atoms with van der Waals surface area (Å²) in [6.07, 6.45) is -1.46. The quantitative estimate of drug-likeness (QED) is 0.531. The lowest BCUT2D eigenvalue weighted by Crippen LogP contribution is -2.55. The van der Waals surface area contributed by atoms with Crippen LogP contribution in [0.5, 0.6) is 5.75 Å². The standard InChI is InChI=1S/C17H18N2O7S/c1-9(20)23-14-8-27-17(26-13-5-4-12(6-18)19-7-13)16(25-11(3)22)15(14)24-10(2)21/h4-5,7,14-17H,8H2,1-3H3/t14-,15+,16-,17-/m1/s1. The minimum Gasteiger partial charge on any atom is -0.474 e. The van der Waals surface area contributed by atoms with E-state index in [-0.39, 0.29) is 11.4 Å². The van der Waals surface area contributed by atoms with Crippen LogP contribution in [0.2, 0.25) is 0 Å². The first-order chi connectivity index (χ1) is 12.8. The molecule has 1 fully saturated rings. The zero-order valence-electron chi connectivity index (χ0n) is 14.9. The second-order valence-electron chi connectivity index (χ2n) is 5.61. The zero-order chi connectivity index (χ0) is 20.0. The molecule has 144 valence electrons. The molecule has 0 N–H and O–H groups in total. The van der Waals surface area contributed by atoms with Crippen molar-refractivity contribution in [2.24, 2.45) is 0 Å². The summed E-state index contributed by atoms with van der Waals surface area (Å²) in [5.41, 5.74) is -0.511. The highest BCUT2D eigenvalue weighted by Gasteiger charge is 2.47. The van der Waals surface area contributed by atoms with Gasteiger partial charge in [0.25, 0.3) is 0 Å². The minimum atomic E-state index is -1.02. The maximum absolute atomic E-state index is 11.6. The molecule has 27 heavy (non-hydrogen) atoms. The van der Waals surface area contributed by atoms with Crippen molar-refractivity contribution in [1.29, 1.82) is 5.26 Å². The first-order valence-corrected chi connectivity index (χ1v) is 9.01. The highest BCUT2D eigenvalue weighted by molar-refractivity contribution is 7.99. The summed E-state index contributed by atoms with van der Waals surface area (Å²) in [6.45, 7) is 3.66. The highest BCUT2D eigenvalue weighted by atomic mass is 32.2. The van der Waals surface area contributed by atoms with Crippen LogP contribution in [0.1, 0.15) is 26.5 Å². The van der Waals surface area contributed by atoms with Crippen LogP contribution < -0.4 is 4.74 Å². The number of esters is 3. The van der Waals surface area contributed by atoms with Crippen LogP contribution in [0.3, 0.4) is 0 Å². The minimum absolute atomic E-state index is 0.225. The van der Waals surface area contributed by atoms with Gasteiger partial charge in [-0.25, -0.2) is 4.98 Å². The maximum atomic E-state index is 11.6. The molecule has 0 bridgehead atoms. The first kappa shape index (κ1) is 20.5. The van der Waals surface area contributed by atoms with Crippen molar-refractivity contribution in [3.8, 4) is 11.8 Å². The Labute approximate surface area is 159 Å². The van der Waals surface area contributed by atoms with Gasteiger partial charge in [0.05, 0.1) is 6.20 Å². The molecule has 0 aliphatic carbocycles. The zero-order valence-corrected chi connectivity index (χ0v) is 15.7. The lowest BCUT2D eigenvalue weighted by Gasteiger charge is -2.39. The summed E-state index contributed by atoms with van der Waals surface area (Å²) in [5.74, 6) is -1.15. The number of rotatable bonds is 5. The molecule has 0 saturated carbocycles. The summed E-state index contributed by atoms with van der Waals surface area (Å²) in [7, 11) is 0. The highest BCUT2D eigenvalue weighted by Crippen LogP contribution is 2.34. The van der Waals surface area contributed by atoms with Gasteiger partial charge in [-0.3, -0.25) is 14.4 Å². The number of thioether (sulfide) groups is 1. The van der Waals surface area contributed by atoms with E-state index in [0.29, 0.717) is 5.75 Å². The van der Waals surface area contributed by atoms with Gasteiger partial charge in [0.2, 0.25) is 0 Å². The molecule has 0 spiro atoms. The van der Waals surface area contributed by atoms with Crippen molar-refractivity contribution in [1.82, 2.24) is 4.98 Å². The third-order valence-corrected chi connectivity index (χ3v) is 4.62. The van der Waals surface area contributed by atoms with E-state index in [1.807, 2.05) is 6.07 Å². The van der Waals surface area contributed by atoms with Crippen molar-refractivity contribution in [3.05, 3.63) is 24.0 Å². The van der Waals surface area contributed by atoms with E-state index >= 15 is 0 Å². The molecule has 2 heterocycles. The Bertz CT molecular complexity index is 747. The van der Waals surface area contributed by atoms with E-state index in [1.54, 1.807) is 6.07 Å². The summed E-state index contributed by atoms with van der Waals surface area (Å²) < 4.78 is 21.6. The summed E-state index contributed by atoms with van der Waals surface area (Å²) in [6, 6.07) is 4.93. The van der Waals surface area contributed by atoms with Crippen molar-refractivity contribution < 1.29 is 33.3 Å². The number of ether oxygens (including phenoxy) is 4. The fourth-order valence-electron chi connectivity index (χ4n) is 2.46. The topological polar surface area (TPSA) is 125 Å². The third kappa shape index (κ3) is 5.86. The Hall–Kier alpha value is -2.80. The molecule has 10 heteroatoms. The van der Waals surface area contributed by atoms with Gasteiger partial charge >= 0.3 is 17.9 Å². The molecule has 9 nitrogen and oxygen atoms in total. The Kier molecular flexibility index (Phi) is 7.01. The monoisotopic (exact) mass is 394 g/mol. The summed E-state index contributed by atoms with van der Waals surface area (Å²) in [5, 5.41) is 8.81. The van der Waals surface area contributed by atoms with Crippen molar-refractivity contribution in [2.45, 2.75) is 44.5 Å². The Morgan fingerprint density at radius 2 is 1.70 bits per heavy atom. The maximum Gasteiger partial charge on any atom is 0.303 e. The molecule has 1 saturated heterocycles. The molecular formula is C17H18N2O7S. The molecule has 0 unspecified atom stereocenters. The van der Waals surface area contributed by atoms with E-state index in [0.717, 1.165) is 0 Å². The third-order valence-electron chi connectivity index (χ3n) is 3.41. The van der Waals surface area contributed by atoms with Gasteiger partial charge < -0.3 is 18.9 Å². The van der Waals surface area contributed by atoms with Gasteiger partial charge in [0, 0.05) is 26.5 Å². The predicted molar refractivity (Wildman–Crippen MR) is 92.5 cm³/mol. The second kappa shape index (κ2) is 9.23. The van der Waals surface area contributed by atoms with Crippen molar-refractivity contribution in [2.75, 3.05) is 5.75 Å². The smallest absolute Gasteiger partial charge is 0.303 e. The number of carbonyl (C=O) groups is 3. The number of hydrogen-bond donors (Lipinski definition) is 0. The van der Waals surface area contributed by atoms with E-state index in [9.17, 15) is 14.4 Å². The molecular weight excluding hydrogens is 376 g/mol. The predicted octanol–water partition coefficient (Wildman–Crippen LogP) is 1.20. The number of hydrogen-bond acceptors (Lipinski definition) is 10. The lowest BCUT2D eigenvalue weighted by atomic mass is 10.1. The van der Waals surface area contributed by atoms with Crippen LogP contribution in [0, 0.1) is 11.3 Å². The molecule has 1 aliphatic rings. The van der Waals surface area contributed by atoms with Crippen LogP contribution in [-0.4, -0.2) is 52.4 Å². The fraction of sp³-hybridized carbons (Fsp3) is 0.471. The van der Waals surface area contributed by atoms with Crippen LogP contribution in [0.15, 0.2) is 18.3 Å². The fourth-order valence-corrected chi connectivity index (χ4v) is 3.68. The molecule has 2 rings (SSSR count). The average Bonchev–Trinajstić information content (AvgIpc) is 2.59. The van der Waals surface area contributed by atoms with Crippen LogP contribution in [0.4, 0.5) is 0 Å². The van der Waals surface area contributed by atoms with Crippen LogP contribution in [0.25, 0.3) is 0 Å². The van der Waals surface area contributed by atoms with Crippen LogP contribution >= 0.6 is 11.8 Å². The van der Waals surface area contributed by atoms with Gasteiger partial charge in [-0.05, 0) is 12.1 Å². The molecule has 4 atom stereocenters. The SMILES string of the molecule is CC(=O)O[C@@H]1[C@@H](OC(C)=O)[C@H](OC(C)=O)CS[C@H]1Oc1ccc(C#N)nc1. The second-order valence-corrected chi connectivity index (χ2v) is 6.74. The van der Waals surface area contributed by atoms with Gasteiger partial charge in [0.15, 0.2) is 23.7 Å². The van der Waals surface area contributed by atoms with E-state index in [4.69, 9.17) is 24.2 Å². The number of nitriles is 1. The van der Waals surface area contributed by atoms with E-state index in [1.165, 1.54) is 44.8 Å². The van der Waals surface area contributed by atoms with Crippen molar-refractivity contribution >= 4 is 29.7 Å². The van der Waals surface area contributed by atoms with Gasteiger partial charge in [-0.1, -0.05) is 0 Å². The Morgan fingerprint density at radius 1 is 1.07 bits per heavy atom. The molecule has 0 amide bonds. The van der Waals surface area contributed by atoms with Gasteiger partial charge in [0.1, 0.15) is 17.5 Å². The largest absolute Gasteiger partial charge is 0.474 e. The summed E-state index contributed by atoms with van der Waals surface area (Å²) >= 11 is 1.24. The Balaban J connectivity index is 2.26. The normalized spacial score (nSPS) is 24.2. The van der Waals surface area contributed by atoms with Crippen molar-refractivity contribution in [3.63, 3.8) is 0 Å². The van der Waals surface area contributed by atoms with Gasteiger partial charge in [-0.2, -0.15) is 5.26 Å². The molecule has 1 aromatic rings. The molecule has 0 radical (unpaired) electrons. The molecule has 1 aliphatic heterocycles. The number of nitrogens with zero attached hydrogens (tertiary/aromatic N) is 2. The van der Waals surface area contributed by atoms with E-state index < -0.39 is 41.7 Å². The molecule has 0 aromatic carbocycles. The lowest BCUT2D eigenvalue weighted by molar-refractivity contribution is -0.186.